The van der Waals surface area contributed by atoms with Gasteiger partial charge in [-0.15, -0.1) is 0 Å². The molecular weight excluding hydrogens is 210 g/mol. The van der Waals surface area contributed by atoms with Gasteiger partial charge in [-0.05, 0) is 56.3 Å². The quantitative estimate of drug-likeness (QED) is 0.756. The van der Waals surface area contributed by atoms with E-state index in [9.17, 15) is 10.4 Å². The summed E-state index contributed by atoms with van der Waals surface area (Å²) >= 11 is 0. The highest BCUT2D eigenvalue weighted by molar-refractivity contribution is 5.15. The molecule has 0 aliphatic heterocycles. The number of nitrogens with zero attached hydrogens (tertiary/aromatic N) is 1. The van der Waals surface area contributed by atoms with Gasteiger partial charge in [0.05, 0.1) is 17.1 Å². The molecule has 0 aromatic rings. The summed E-state index contributed by atoms with van der Waals surface area (Å²) in [5.41, 5.74) is -1.18. The Morgan fingerprint density at radius 1 is 1.06 bits per heavy atom. The fourth-order valence-corrected chi connectivity index (χ4v) is 3.94. The SMILES string of the molecule is CC1CCC(C#N)(C2(O)CCC(C)C(C)C2)C1. The first kappa shape index (κ1) is 12.9. The molecular formula is C15H25NO. The Hall–Kier alpha value is -0.550. The van der Waals surface area contributed by atoms with Crippen LogP contribution in [-0.4, -0.2) is 10.7 Å². The summed E-state index contributed by atoms with van der Waals surface area (Å²) < 4.78 is 0. The number of aliphatic hydroxyl groups is 1. The third kappa shape index (κ3) is 1.99. The van der Waals surface area contributed by atoms with Crippen molar-refractivity contribution in [2.24, 2.45) is 23.2 Å². The molecule has 0 bridgehead atoms. The van der Waals surface area contributed by atoms with Gasteiger partial charge in [-0.2, -0.15) is 5.26 Å². The van der Waals surface area contributed by atoms with Crippen LogP contribution in [0.4, 0.5) is 0 Å². The van der Waals surface area contributed by atoms with Crippen LogP contribution in [0.1, 0.15) is 59.3 Å². The predicted molar refractivity (Wildman–Crippen MR) is 68.2 cm³/mol. The van der Waals surface area contributed by atoms with Gasteiger partial charge in [0.2, 0.25) is 0 Å². The smallest absolute Gasteiger partial charge is 0.0863 e. The maximum Gasteiger partial charge on any atom is 0.0863 e. The molecule has 0 radical (unpaired) electrons. The Bertz CT molecular complexity index is 334. The van der Waals surface area contributed by atoms with Crippen LogP contribution in [0.15, 0.2) is 0 Å². The molecule has 2 rings (SSSR count). The number of nitriles is 1. The Balaban J connectivity index is 2.23. The predicted octanol–water partition coefficient (Wildman–Crippen LogP) is 3.50. The molecule has 0 aromatic heterocycles. The van der Waals surface area contributed by atoms with E-state index in [-0.39, 0.29) is 0 Å². The van der Waals surface area contributed by atoms with Crippen molar-refractivity contribution in [2.75, 3.05) is 0 Å². The fraction of sp³-hybridized carbons (Fsp3) is 0.933. The number of hydrogen-bond acceptors (Lipinski definition) is 2. The molecule has 2 saturated carbocycles. The molecule has 2 fully saturated rings. The summed E-state index contributed by atoms with van der Waals surface area (Å²) in [5.74, 6) is 1.81. The minimum Gasteiger partial charge on any atom is -0.388 e. The van der Waals surface area contributed by atoms with E-state index in [2.05, 4.69) is 26.8 Å². The first-order valence-corrected chi connectivity index (χ1v) is 7.06. The minimum atomic E-state index is -0.724. The zero-order chi connectivity index (χ0) is 12.7. The van der Waals surface area contributed by atoms with Crippen molar-refractivity contribution in [3.8, 4) is 6.07 Å². The maximum atomic E-state index is 11.0. The fourth-order valence-electron chi connectivity index (χ4n) is 3.94. The van der Waals surface area contributed by atoms with Crippen molar-refractivity contribution < 1.29 is 5.11 Å². The van der Waals surface area contributed by atoms with Gasteiger partial charge in [0.1, 0.15) is 0 Å². The van der Waals surface area contributed by atoms with E-state index in [0.717, 1.165) is 38.5 Å². The minimum absolute atomic E-state index is 0.458. The second-order valence-electron chi connectivity index (χ2n) is 6.77. The third-order valence-corrected chi connectivity index (χ3v) is 5.51. The third-order valence-electron chi connectivity index (χ3n) is 5.51. The van der Waals surface area contributed by atoms with Crippen LogP contribution in [0.2, 0.25) is 0 Å². The lowest BCUT2D eigenvalue weighted by Crippen LogP contribution is -2.50. The van der Waals surface area contributed by atoms with Gasteiger partial charge in [0.25, 0.3) is 0 Å². The van der Waals surface area contributed by atoms with Gasteiger partial charge in [0, 0.05) is 0 Å². The van der Waals surface area contributed by atoms with Crippen molar-refractivity contribution in [3.63, 3.8) is 0 Å². The average Bonchev–Trinajstić information content (AvgIpc) is 2.68. The van der Waals surface area contributed by atoms with Crippen LogP contribution in [-0.2, 0) is 0 Å². The zero-order valence-corrected chi connectivity index (χ0v) is 11.4. The van der Waals surface area contributed by atoms with Crippen LogP contribution in [0.25, 0.3) is 0 Å². The van der Waals surface area contributed by atoms with E-state index < -0.39 is 11.0 Å². The van der Waals surface area contributed by atoms with Crippen LogP contribution < -0.4 is 0 Å². The van der Waals surface area contributed by atoms with Gasteiger partial charge in [0.15, 0.2) is 0 Å². The molecule has 5 unspecified atom stereocenters. The highest BCUT2D eigenvalue weighted by Crippen LogP contribution is 2.55. The zero-order valence-electron chi connectivity index (χ0n) is 11.4. The first-order valence-electron chi connectivity index (χ1n) is 7.06. The van der Waals surface area contributed by atoms with E-state index in [1.54, 1.807) is 0 Å². The normalized spacial score (nSPS) is 51.1. The monoisotopic (exact) mass is 235 g/mol. The molecule has 96 valence electrons. The highest BCUT2D eigenvalue weighted by atomic mass is 16.3. The Morgan fingerprint density at radius 2 is 1.76 bits per heavy atom. The lowest BCUT2D eigenvalue weighted by molar-refractivity contribution is -0.103. The van der Waals surface area contributed by atoms with E-state index in [1.165, 1.54) is 0 Å². The summed E-state index contributed by atoms with van der Waals surface area (Å²) in [6.45, 7) is 6.69. The van der Waals surface area contributed by atoms with Gasteiger partial charge in [-0.25, -0.2) is 0 Å². The number of rotatable bonds is 1. The Labute approximate surface area is 105 Å². The van der Waals surface area contributed by atoms with Crippen molar-refractivity contribution >= 4 is 0 Å². The molecule has 0 spiro atoms. The highest BCUT2D eigenvalue weighted by Gasteiger charge is 2.55. The average molecular weight is 235 g/mol. The molecule has 2 nitrogen and oxygen atoms in total. The number of hydrogen-bond donors (Lipinski definition) is 1. The molecule has 2 aliphatic rings. The summed E-state index contributed by atoms with van der Waals surface area (Å²) in [5, 5.41) is 20.6. The van der Waals surface area contributed by atoms with E-state index in [1.807, 2.05) is 0 Å². The van der Waals surface area contributed by atoms with E-state index in [4.69, 9.17) is 0 Å². The summed E-state index contributed by atoms with van der Waals surface area (Å²) in [7, 11) is 0. The molecule has 1 N–H and O–H groups in total. The van der Waals surface area contributed by atoms with Gasteiger partial charge >= 0.3 is 0 Å². The summed E-state index contributed by atoms with van der Waals surface area (Å²) in [4.78, 5) is 0. The Morgan fingerprint density at radius 3 is 2.24 bits per heavy atom. The molecule has 0 heterocycles. The van der Waals surface area contributed by atoms with Crippen LogP contribution in [0.5, 0.6) is 0 Å². The van der Waals surface area contributed by atoms with Gasteiger partial charge in [-0.3, -0.25) is 0 Å². The van der Waals surface area contributed by atoms with Gasteiger partial charge in [-0.1, -0.05) is 20.8 Å². The molecule has 2 aliphatic carbocycles. The van der Waals surface area contributed by atoms with Gasteiger partial charge < -0.3 is 5.11 Å². The first-order chi connectivity index (χ1) is 7.92. The molecule has 2 heteroatoms. The molecule has 0 saturated heterocycles. The lowest BCUT2D eigenvalue weighted by Gasteiger charge is -2.47. The van der Waals surface area contributed by atoms with Crippen LogP contribution in [0, 0.1) is 34.5 Å². The van der Waals surface area contributed by atoms with Crippen molar-refractivity contribution in [2.45, 2.75) is 64.9 Å². The largest absolute Gasteiger partial charge is 0.388 e. The van der Waals surface area contributed by atoms with Crippen molar-refractivity contribution in [3.05, 3.63) is 0 Å². The topological polar surface area (TPSA) is 44.0 Å². The van der Waals surface area contributed by atoms with E-state index in [0.29, 0.717) is 17.8 Å². The summed E-state index contributed by atoms with van der Waals surface area (Å²) in [6.07, 6.45) is 5.58. The van der Waals surface area contributed by atoms with Crippen molar-refractivity contribution in [1.82, 2.24) is 0 Å². The van der Waals surface area contributed by atoms with Crippen molar-refractivity contribution in [1.29, 1.82) is 5.26 Å². The summed E-state index contributed by atoms with van der Waals surface area (Å²) in [6, 6.07) is 2.50. The molecule has 0 aromatic carbocycles. The molecule has 17 heavy (non-hydrogen) atoms. The molecule has 5 atom stereocenters. The van der Waals surface area contributed by atoms with E-state index >= 15 is 0 Å². The van der Waals surface area contributed by atoms with Crippen LogP contribution in [0.3, 0.4) is 0 Å². The second-order valence-corrected chi connectivity index (χ2v) is 6.77. The van der Waals surface area contributed by atoms with Crippen LogP contribution >= 0.6 is 0 Å². The standard InChI is InChI=1S/C15H25NO/c1-11-4-6-14(8-11,10-16)15(17)7-5-12(2)13(3)9-15/h11-13,17H,4-9H2,1-3H3. The molecule has 0 amide bonds. The maximum absolute atomic E-state index is 11.0. The second kappa shape index (κ2) is 4.28. The lowest BCUT2D eigenvalue weighted by atomic mass is 9.60. The Kier molecular flexibility index (Phi) is 3.25.